The van der Waals surface area contributed by atoms with Crippen molar-refractivity contribution in [2.24, 2.45) is 0 Å². The average molecular weight is 225 g/mol. The number of likely N-dealkylation sites (N-methyl/N-ethyl adjacent to an activating group) is 1. The van der Waals surface area contributed by atoms with E-state index in [0.29, 0.717) is 12.5 Å². The Morgan fingerprint density at radius 1 is 1.38 bits per heavy atom. The molecular formula is C13H20FNO. The van der Waals surface area contributed by atoms with E-state index in [-0.39, 0.29) is 0 Å². The van der Waals surface area contributed by atoms with Gasteiger partial charge >= 0.3 is 0 Å². The van der Waals surface area contributed by atoms with Crippen LogP contribution >= 0.6 is 0 Å². The third kappa shape index (κ3) is 2.36. The van der Waals surface area contributed by atoms with Crippen LogP contribution in [0.5, 0.6) is 0 Å². The number of ether oxygens (including phenoxy) is 1. The molecule has 0 aromatic carbocycles. The minimum atomic E-state index is -1.29. The maximum atomic E-state index is 14.8. The zero-order valence-corrected chi connectivity index (χ0v) is 9.86. The smallest absolute Gasteiger partial charge is 0.186 e. The molecule has 1 aliphatic carbocycles. The van der Waals surface area contributed by atoms with E-state index >= 15 is 0 Å². The van der Waals surface area contributed by atoms with Crippen LogP contribution in [0.3, 0.4) is 0 Å². The summed E-state index contributed by atoms with van der Waals surface area (Å²) in [5.41, 5.74) is 0. The Morgan fingerprint density at radius 3 is 2.69 bits per heavy atom. The minimum absolute atomic E-state index is 0.319. The number of hydrogen-bond acceptors (Lipinski definition) is 2. The summed E-state index contributed by atoms with van der Waals surface area (Å²) in [7, 11) is 0. The molecule has 0 N–H and O–H groups in total. The Bertz CT molecular complexity index is 284. The molecule has 2 rings (SSSR count). The monoisotopic (exact) mass is 225 g/mol. The highest BCUT2D eigenvalue weighted by Crippen LogP contribution is 2.31. The van der Waals surface area contributed by atoms with Crippen molar-refractivity contribution in [1.82, 2.24) is 4.90 Å². The SMILES string of the molecule is CCN(C1CCOCC1)C1(F)C=CC=CC1. The lowest BCUT2D eigenvalue weighted by Gasteiger charge is -2.42. The van der Waals surface area contributed by atoms with Crippen molar-refractivity contribution in [1.29, 1.82) is 0 Å². The van der Waals surface area contributed by atoms with Crippen LogP contribution in [0.4, 0.5) is 4.39 Å². The van der Waals surface area contributed by atoms with Gasteiger partial charge < -0.3 is 4.74 Å². The van der Waals surface area contributed by atoms with Crippen molar-refractivity contribution in [3.05, 3.63) is 24.3 Å². The van der Waals surface area contributed by atoms with Crippen molar-refractivity contribution >= 4 is 0 Å². The van der Waals surface area contributed by atoms with Crippen molar-refractivity contribution < 1.29 is 9.13 Å². The van der Waals surface area contributed by atoms with E-state index in [2.05, 4.69) is 0 Å². The number of rotatable bonds is 3. The maximum absolute atomic E-state index is 14.8. The lowest BCUT2D eigenvalue weighted by atomic mass is 9.98. The van der Waals surface area contributed by atoms with Crippen molar-refractivity contribution in [3.8, 4) is 0 Å². The molecule has 0 saturated carbocycles. The van der Waals surface area contributed by atoms with Crippen LogP contribution in [0.25, 0.3) is 0 Å². The minimum Gasteiger partial charge on any atom is -0.381 e. The Balaban J connectivity index is 2.08. The fraction of sp³-hybridized carbons (Fsp3) is 0.692. The van der Waals surface area contributed by atoms with E-state index in [1.54, 1.807) is 6.08 Å². The molecule has 0 amide bonds. The average Bonchev–Trinajstić information content (AvgIpc) is 2.32. The summed E-state index contributed by atoms with van der Waals surface area (Å²) < 4.78 is 20.1. The molecule has 2 aliphatic rings. The summed E-state index contributed by atoms with van der Waals surface area (Å²) in [5.74, 6) is -1.29. The van der Waals surface area contributed by atoms with Crippen LogP contribution < -0.4 is 0 Å². The zero-order valence-electron chi connectivity index (χ0n) is 9.86. The highest BCUT2D eigenvalue weighted by Gasteiger charge is 2.37. The van der Waals surface area contributed by atoms with Crippen LogP contribution in [0.1, 0.15) is 26.2 Å². The molecule has 0 aromatic heterocycles. The molecule has 0 radical (unpaired) electrons. The van der Waals surface area contributed by atoms with Gasteiger partial charge in [0.1, 0.15) is 0 Å². The molecule has 0 bridgehead atoms. The fourth-order valence-electron chi connectivity index (χ4n) is 2.62. The van der Waals surface area contributed by atoms with Crippen LogP contribution in [0.15, 0.2) is 24.3 Å². The van der Waals surface area contributed by atoms with E-state index < -0.39 is 5.79 Å². The Morgan fingerprint density at radius 2 is 2.12 bits per heavy atom. The topological polar surface area (TPSA) is 12.5 Å². The zero-order chi connectivity index (χ0) is 11.4. The van der Waals surface area contributed by atoms with E-state index in [9.17, 15) is 4.39 Å². The Hall–Kier alpha value is -0.670. The van der Waals surface area contributed by atoms with E-state index in [0.717, 1.165) is 32.6 Å². The van der Waals surface area contributed by atoms with Gasteiger partial charge in [0.05, 0.1) is 0 Å². The van der Waals surface area contributed by atoms with Crippen molar-refractivity contribution in [3.63, 3.8) is 0 Å². The summed E-state index contributed by atoms with van der Waals surface area (Å²) in [6, 6.07) is 0.319. The second kappa shape index (κ2) is 5.11. The molecule has 1 aliphatic heterocycles. The summed E-state index contributed by atoms with van der Waals surface area (Å²) in [6.07, 6.45) is 9.66. The number of allylic oxidation sites excluding steroid dienone is 2. The van der Waals surface area contributed by atoms with Gasteiger partial charge in [-0.3, -0.25) is 4.90 Å². The molecule has 1 fully saturated rings. The van der Waals surface area contributed by atoms with Gasteiger partial charge in [-0.05, 0) is 25.5 Å². The second-order valence-electron chi connectivity index (χ2n) is 4.44. The first-order chi connectivity index (χ1) is 7.76. The first-order valence-corrected chi connectivity index (χ1v) is 6.14. The van der Waals surface area contributed by atoms with Crippen LogP contribution in [-0.2, 0) is 4.74 Å². The van der Waals surface area contributed by atoms with Gasteiger partial charge in [-0.25, -0.2) is 4.39 Å². The molecule has 0 aromatic rings. The number of hydrogen-bond donors (Lipinski definition) is 0. The van der Waals surface area contributed by atoms with E-state index in [1.807, 2.05) is 30.1 Å². The molecule has 16 heavy (non-hydrogen) atoms. The maximum Gasteiger partial charge on any atom is 0.186 e. The Kier molecular flexibility index (Phi) is 3.77. The number of nitrogens with zero attached hydrogens (tertiary/aromatic N) is 1. The van der Waals surface area contributed by atoms with Gasteiger partial charge in [0.25, 0.3) is 0 Å². The molecule has 0 spiro atoms. The lowest BCUT2D eigenvalue weighted by molar-refractivity contribution is -0.0557. The van der Waals surface area contributed by atoms with Crippen LogP contribution in [-0.4, -0.2) is 36.5 Å². The standard InChI is InChI=1S/C13H20FNO/c1-2-15(12-6-10-16-11-7-12)13(14)8-4-3-5-9-13/h3-5,8,12H,2,6-7,9-11H2,1H3. The van der Waals surface area contributed by atoms with Gasteiger partial charge in [-0.2, -0.15) is 0 Å². The summed E-state index contributed by atoms with van der Waals surface area (Å²) >= 11 is 0. The largest absolute Gasteiger partial charge is 0.381 e. The molecular weight excluding hydrogens is 205 g/mol. The number of alkyl halides is 1. The molecule has 1 saturated heterocycles. The molecule has 1 unspecified atom stereocenters. The Labute approximate surface area is 96.8 Å². The van der Waals surface area contributed by atoms with Crippen molar-refractivity contribution in [2.45, 2.75) is 38.0 Å². The highest BCUT2D eigenvalue weighted by molar-refractivity contribution is 5.18. The first-order valence-electron chi connectivity index (χ1n) is 6.14. The van der Waals surface area contributed by atoms with Gasteiger partial charge in [0, 0.05) is 25.7 Å². The normalized spacial score (nSPS) is 31.2. The van der Waals surface area contributed by atoms with E-state index in [1.165, 1.54) is 0 Å². The quantitative estimate of drug-likeness (QED) is 0.685. The third-order valence-electron chi connectivity index (χ3n) is 3.45. The third-order valence-corrected chi connectivity index (χ3v) is 3.45. The number of halogens is 1. The second-order valence-corrected chi connectivity index (χ2v) is 4.44. The molecule has 1 atom stereocenters. The molecule has 2 nitrogen and oxygen atoms in total. The predicted octanol–water partition coefficient (Wildman–Crippen LogP) is 2.67. The van der Waals surface area contributed by atoms with Crippen LogP contribution in [0, 0.1) is 0 Å². The van der Waals surface area contributed by atoms with Gasteiger partial charge in [-0.15, -0.1) is 0 Å². The van der Waals surface area contributed by atoms with Gasteiger partial charge in [0.15, 0.2) is 5.79 Å². The van der Waals surface area contributed by atoms with E-state index in [4.69, 9.17) is 4.74 Å². The lowest BCUT2D eigenvalue weighted by Crippen LogP contribution is -2.51. The summed E-state index contributed by atoms with van der Waals surface area (Å²) in [5, 5.41) is 0. The first kappa shape index (κ1) is 11.8. The van der Waals surface area contributed by atoms with Crippen LogP contribution in [0.2, 0.25) is 0 Å². The van der Waals surface area contributed by atoms with Gasteiger partial charge in [-0.1, -0.05) is 25.2 Å². The summed E-state index contributed by atoms with van der Waals surface area (Å²) in [6.45, 7) is 4.30. The van der Waals surface area contributed by atoms with Crippen molar-refractivity contribution in [2.75, 3.05) is 19.8 Å². The predicted molar refractivity (Wildman–Crippen MR) is 63.0 cm³/mol. The van der Waals surface area contributed by atoms with Gasteiger partial charge in [0.2, 0.25) is 0 Å². The molecule has 3 heteroatoms. The molecule has 1 heterocycles. The summed E-state index contributed by atoms with van der Waals surface area (Å²) in [4.78, 5) is 1.98. The highest BCUT2D eigenvalue weighted by atomic mass is 19.1. The fourth-order valence-corrected chi connectivity index (χ4v) is 2.62. The molecule has 90 valence electrons.